The first-order valence-electron chi connectivity index (χ1n) is 7.50. The summed E-state index contributed by atoms with van der Waals surface area (Å²) in [7, 11) is 0. The first-order valence-corrected chi connectivity index (χ1v) is 8.34. The number of nitrogens with zero attached hydrogens (tertiary/aromatic N) is 2. The smallest absolute Gasteiger partial charge is 0.319 e. The number of nitrogens with one attached hydrogen (secondary N) is 2. The summed E-state index contributed by atoms with van der Waals surface area (Å²) >= 11 is 1.29. The Hall–Kier alpha value is -2.41. The minimum absolute atomic E-state index is 0.220. The normalized spacial score (nSPS) is 14.1. The van der Waals surface area contributed by atoms with Crippen molar-refractivity contribution in [2.24, 2.45) is 0 Å². The average Bonchev–Trinajstić information content (AvgIpc) is 3.18. The van der Waals surface area contributed by atoms with E-state index in [1.165, 1.54) is 11.5 Å². The lowest BCUT2D eigenvalue weighted by Crippen LogP contribution is -2.28. The van der Waals surface area contributed by atoms with Gasteiger partial charge in [-0.15, -0.1) is 0 Å². The molecule has 3 amide bonds. The van der Waals surface area contributed by atoms with Crippen LogP contribution in [0.4, 0.5) is 10.5 Å². The molecule has 1 aliphatic rings. The highest BCUT2D eigenvalue weighted by molar-refractivity contribution is 7.04. The van der Waals surface area contributed by atoms with Crippen LogP contribution >= 0.6 is 11.5 Å². The number of anilines is 1. The highest BCUT2D eigenvalue weighted by Crippen LogP contribution is 2.15. The topological polar surface area (TPSA) is 74.3 Å². The van der Waals surface area contributed by atoms with Gasteiger partial charge in [0.2, 0.25) is 5.91 Å². The molecule has 1 fully saturated rings. The average molecular weight is 330 g/mol. The fourth-order valence-electron chi connectivity index (χ4n) is 2.55. The SMILES string of the molecule is O=C(NCc1cccc(CN2CCCC2=O)c1)Nc1cnsc1. The van der Waals surface area contributed by atoms with E-state index in [2.05, 4.69) is 15.0 Å². The molecule has 1 aromatic heterocycles. The van der Waals surface area contributed by atoms with E-state index in [-0.39, 0.29) is 11.9 Å². The first kappa shape index (κ1) is 15.5. The minimum atomic E-state index is -0.259. The van der Waals surface area contributed by atoms with Crippen LogP contribution in [0, 0.1) is 0 Å². The van der Waals surface area contributed by atoms with Crippen molar-refractivity contribution in [1.29, 1.82) is 0 Å². The zero-order valence-electron chi connectivity index (χ0n) is 12.6. The van der Waals surface area contributed by atoms with Gasteiger partial charge in [0.1, 0.15) is 0 Å². The van der Waals surface area contributed by atoms with Crippen LogP contribution in [-0.2, 0) is 17.9 Å². The molecule has 7 heteroatoms. The number of urea groups is 1. The number of hydrogen-bond acceptors (Lipinski definition) is 4. The molecule has 23 heavy (non-hydrogen) atoms. The van der Waals surface area contributed by atoms with Gasteiger partial charge < -0.3 is 15.5 Å². The Kier molecular flexibility index (Phi) is 4.87. The lowest BCUT2D eigenvalue weighted by Gasteiger charge is -2.16. The van der Waals surface area contributed by atoms with Crippen molar-refractivity contribution < 1.29 is 9.59 Å². The molecule has 0 bridgehead atoms. The summed E-state index contributed by atoms with van der Waals surface area (Å²) in [5, 5.41) is 7.30. The van der Waals surface area contributed by atoms with Gasteiger partial charge in [-0.3, -0.25) is 4.79 Å². The van der Waals surface area contributed by atoms with Crippen molar-refractivity contribution in [1.82, 2.24) is 14.6 Å². The van der Waals surface area contributed by atoms with E-state index in [1.807, 2.05) is 29.2 Å². The molecule has 0 radical (unpaired) electrons. The Morgan fingerprint density at radius 1 is 1.35 bits per heavy atom. The standard InChI is InChI=1S/C16H18N4O2S/c21-15-5-2-6-20(15)10-13-4-1-3-12(7-13)8-17-16(22)19-14-9-18-23-11-14/h1,3-4,7,9,11H,2,5-6,8,10H2,(H2,17,19,22). The number of rotatable bonds is 5. The maximum absolute atomic E-state index is 11.8. The molecule has 120 valence electrons. The van der Waals surface area contributed by atoms with Gasteiger partial charge in [-0.1, -0.05) is 24.3 Å². The third-order valence-electron chi connectivity index (χ3n) is 3.68. The van der Waals surface area contributed by atoms with Crippen molar-refractivity contribution in [3.05, 3.63) is 47.0 Å². The van der Waals surface area contributed by atoms with Gasteiger partial charge in [-0.2, -0.15) is 4.37 Å². The van der Waals surface area contributed by atoms with Gasteiger partial charge >= 0.3 is 6.03 Å². The maximum atomic E-state index is 11.8. The third-order valence-corrected chi connectivity index (χ3v) is 4.27. The summed E-state index contributed by atoms with van der Waals surface area (Å²) in [4.78, 5) is 25.4. The van der Waals surface area contributed by atoms with Gasteiger partial charge in [0.15, 0.2) is 0 Å². The van der Waals surface area contributed by atoms with Crippen molar-refractivity contribution in [2.75, 3.05) is 11.9 Å². The quantitative estimate of drug-likeness (QED) is 0.885. The van der Waals surface area contributed by atoms with Crippen LogP contribution in [0.25, 0.3) is 0 Å². The molecule has 6 nitrogen and oxygen atoms in total. The largest absolute Gasteiger partial charge is 0.338 e. The monoisotopic (exact) mass is 330 g/mol. The van der Waals surface area contributed by atoms with Crippen LogP contribution in [0.5, 0.6) is 0 Å². The van der Waals surface area contributed by atoms with Gasteiger partial charge in [0, 0.05) is 31.4 Å². The molecular weight excluding hydrogens is 312 g/mol. The number of likely N-dealkylation sites (tertiary alicyclic amines) is 1. The van der Waals surface area contributed by atoms with Gasteiger partial charge in [0.25, 0.3) is 0 Å². The number of amides is 3. The Morgan fingerprint density at radius 2 is 2.22 bits per heavy atom. The van der Waals surface area contributed by atoms with E-state index in [4.69, 9.17) is 0 Å². The molecule has 0 spiro atoms. The van der Waals surface area contributed by atoms with Crippen LogP contribution in [0.3, 0.4) is 0 Å². The molecule has 2 heterocycles. The zero-order chi connectivity index (χ0) is 16.1. The second kappa shape index (κ2) is 7.23. The van der Waals surface area contributed by atoms with Crippen LogP contribution in [0.15, 0.2) is 35.8 Å². The highest BCUT2D eigenvalue weighted by Gasteiger charge is 2.19. The molecule has 3 rings (SSSR count). The van der Waals surface area contributed by atoms with E-state index in [0.717, 1.165) is 24.1 Å². The molecule has 0 unspecified atom stereocenters. The highest BCUT2D eigenvalue weighted by atomic mass is 32.1. The van der Waals surface area contributed by atoms with Crippen molar-refractivity contribution in [3.63, 3.8) is 0 Å². The molecule has 2 N–H and O–H groups in total. The number of aromatic nitrogens is 1. The molecule has 0 atom stereocenters. The summed E-state index contributed by atoms with van der Waals surface area (Å²) in [5.41, 5.74) is 2.78. The second-order valence-electron chi connectivity index (χ2n) is 5.46. The van der Waals surface area contributed by atoms with Crippen LogP contribution in [0.2, 0.25) is 0 Å². The Labute approximate surface area is 138 Å². The lowest BCUT2D eigenvalue weighted by molar-refractivity contribution is -0.128. The van der Waals surface area contributed by atoms with Gasteiger partial charge in [-0.05, 0) is 29.1 Å². The van der Waals surface area contributed by atoms with Crippen LogP contribution in [-0.4, -0.2) is 27.8 Å². The maximum Gasteiger partial charge on any atom is 0.319 e. The number of hydrogen-bond donors (Lipinski definition) is 2. The van der Waals surface area contributed by atoms with Crippen LogP contribution < -0.4 is 10.6 Å². The van der Waals surface area contributed by atoms with Crippen molar-refractivity contribution in [2.45, 2.75) is 25.9 Å². The third kappa shape index (κ3) is 4.29. The van der Waals surface area contributed by atoms with Crippen LogP contribution in [0.1, 0.15) is 24.0 Å². The van der Waals surface area contributed by atoms with Crippen molar-refractivity contribution in [3.8, 4) is 0 Å². The van der Waals surface area contributed by atoms with Crippen molar-refractivity contribution >= 4 is 29.2 Å². The molecule has 2 aromatic rings. The summed E-state index contributed by atoms with van der Waals surface area (Å²) in [5.74, 6) is 0.220. The van der Waals surface area contributed by atoms with Gasteiger partial charge in [0.05, 0.1) is 11.9 Å². The Balaban J connectivity index is 1.53. The van der Waals surface area contributed by atoms with E-state index in [1.54, 1.807) is 11.6 Å². The molecular formula is C16H18N4O2S. The minimum Gasteiger partial charge on any atom is -0.338 e. The molecule has 0 saturated carbocycles. The summed E-state index contributed by atoms with van der Waals surface area (Å²) < 4.78 is 3.93. The molecule has 1 aliphatic heterocycles. The molecule has 1 saturated heterocycles. The summed E-state index contributed by atoms with van der Waals surface area (Å²) in [6.07, 6.45) is 3.20. The first-order chi connectivity index (χ1) is 11.2. The molecule has 1 aromatic carbocycles. The van der Waals surface area contributed by atoms with E-state index < -0.39 is 0 Å². The summed E-state index contributed by atoms with van der Waals surface area (Å²) in [6.45, 7) is 1.91. The van der Waals surface area contributed by atoms with Gasteiger partial charge in [-0.25, -0.2) is 4.79 Å². The Morgan fingerprint density at radius 3 is 2.96 bits per heavy atom. The zero-order valence-corrected chi connectivity index (χ0v) is 13.4. The fourth-order valence-corrected chi connectivity index (χ4v) is 3.02. The lowest BCUT2D eigenvalue weighted by atomic mass is 10.1. The van der Waals surface area contributed by atoms with E-state index in [9.17, 15) is 9.59 Å². The second-order valence-corrected chi connectivity index (χ2v) is 6.12. The molecule has 0 aliphatic carbocycles. The Bertz CT molecular complexity index is 687. The summed E-state index contributed by atoms with van der Waals surface area (Å²) in [6, 6.07) is 7.69. The number of carbonyl (C=O) groups excluding carboxylic acids is 2. The number of carbonyl (C=O) groups is 2. The van der Waals surface area contributed by atoms with E-state index >= 15 is 0 Å². The predicted octanol–water partition coefficient (Wildman–Crippen LogP) is 2.59. The predicted molar refractivity (Wildman–Crippen MR) is 89.1 cm³/mol. The fraction of sp³-hybridized carbons (Fsp3) is 0.312. The van der Waals surface area contributed by atoms with E-state index in [0.29, 0.717) is 25.2 Å². The number of benzene rings is 1.